The lowest BCUT2D eigenvalue weighted by Gasteiger charge is -2.30. The van der Waals surface area contributed by atoms with E-state index in [1.807, 2.05) is 0 Å². The zero-order valence-electron chi connectivity index (χ0n) is 19.3. The minimum absolute atomic E-state index is 1.24. The van der Waals surface area contributed by atoms with E-state index in [0.717, 1.165) is 0 Å². The van der Waals surface area contributed by atoms with Crippen LogP contribution in [0.15, 0.2) is 0 Å². The highest BCUT2D eigenvalue weighted by Crippen LogP contribution is 2.19. The second-order valence-corrected chi connectivity index (χ2v) is 9.80. The maximum absolute atomic E-state index is 8.77. The molecule has 5 nitrogen and oxygen atoms in total. The van der Waals surface area contributed by atoms with E-state index in [0.29, 0.717) is 0 Å². The molecule has 172 valence electrons. The monoisotopic (exact) mass is 423 g/mol. The minimum Gasteiger partial charge on any atom is -0.756 e. The molecule has 0 aliphatic rings. The van der Waals surface area contributed by atoms with Crippen LogP contribution in [0.5, 0.6) is 0 Å². The zero-order chi connectivity index (χ0) is 21.7. The van der Waals surface area contributed by atoms with Crippen LogP contribution in [-0.4, -0.2) is 41.5 Å². The third-order valence-corrected chi connectivity index (χ3v) is 5.23. The lowest BCUT2D eigenvalue weighted by Crippen LogP contribution is -2.41. The largest absolute Gasteiger partial charge is 0.756 e. The topological polar surface area (TPSA) is 80.6 Å². The Morgan fingerprint density at radius 2 is 0.821 bits per heavy atom. The van der Waals surface area contributed by atoms with Crippen molar-refractivity contribution in [1.82, 2.24) is 0 Å². The van der Waals surface area contributed by atoms with Crippen molar-refractivity contribution in [3.8, 4) is 0 Å². The number of hydrogen-bond acceptors (Lipinski definition) is 2. The summed E-state index contributed by atoms with van der Waals surface area (Å²) in [6.45, 7) is 7.36. The molecule has 0 aromatic carbocycles. The van der Waals surface area contributed by atoms with Gasteiger partial charge in [-0.3, -0.25) is 4.57 Å². The Morgan fingerprint density at radius 3 is 1.07 bits per heavy atom. The van der Waals surface area contributed by atoms with Crippen LogP contribution in [0, 0.1) is 0 Å². The smallest absolute Gasteiger partial charge is 0.262 e. The molecule has 0 aromatic rings. The van der Waals surface area contributed by atoms with Crippen molar-refractivity contribution in [3.63, 3.8) is 0 Å². The van der Waals surface area contributed by atoms with Gasteiger partial charge in [-0.25, -0.2) is 0 Å². The molecule has 0 aromatic heterocycles. The fourth-order valence-corrected chi connectivity index (χ4v) is 3.46. The van der Waals surface area contributed by atoms with Gasteiger partial charge in [0, 0.05) is 0 Å². The van der Waals surface area contributed by atoms with Crippen LogP contribution >= 0.6 is 7.82 Å². The highest BCUT2D eigenvalue weighted by atomic mass is 31.2. The molecule has 28 heavy (non-hydrogen) atoms. The summed E-state index contributed by atoms with van der Waals surface area (Å²) in [5, 5.41) is 0. The summed E-state index contributed by atoms with van der Waals surface area (Å²) in [4.78, 5) is 22.9. The molecular weight excluding hydrogens is 373 g/mol. The van der Waals surface area contributed by atoms with Gasteiger partial charge in [-0.05, 0) is 25.7 Å². The van der Waals surface area contributed by atoms with Crippen molar-refractivity contribution in [2.24, 2.45) is 0 Å². The van der Waals surface area contributed by atoms with Gasteiger partial charge in [0.2, 0.25) is 0 Å². The van der Waals surface area contributed by atoms with Gasteiger partial charge in [-0.2, -0.15) is 0 Å². The van der Waals surface area contributed by atoms with E-state index in [-0.39, 0.29) is 0 Å². The van der Waals surface area contributed by atoms with Gasteiger partial charge in [0.15, 0.2) is 0 Å². The molecule has 0 unspecified atom stereocenters. The first-order chi connectivity index (χ1) is 13.1. The molecule has 0 atom stereocenters. The fraction of sp³-hybridized carbons (Fsp3) is 1.00. The van der Waals surface area contributed by atoms with E-state index in [2.05, 4.69) is 27.9 Å². The summed E-state index contributed by atoms with van der Waals surface area (Å²) >= 11 is 0. The summed E-state index contributed by atoms with van der Waals surface area (Å²) in [6, 6.07) is 0. The van der Waals surface area contributed by atoms with E-state index < -0.39 is 7.82 Å². The standard InChI is InChI=1S/C22H48N.H3O4P/c1-5-7-9-11-13-15-17-19-21-23(3,4)22-20-18-16-14-12-10-8-6-2;1-5(2,3)4/h5-22H2,1-4H3;(H3,1,2,3,4)/q+1;/p-1. The van der Waals surface area contributed by atoms with E-state index in [1.165, 1.54) is 120 Å². The van der Waals surface area contributed by atoms with Gasteiger partial charge in [0.1, 0.15) is 0 Å². The van der Waals surface area contributed by atoms with Crippen LogP contribution in [-0.2, 0) is 4.57 Å². The highest BCUT2D eigenvalue weighted by molar-refractivity contribution is 7.43. The Labute approximate surface area is 175 Å². The normalized spacial score (nSPS) is 12.0. The van der Waals surface area contributed by atoms with Gasteiger partial charge in [0.25, 0.3) is 7.82 Å². The number of quaternary nitrogens is 1. The number of phosphoric acid groups is 1. The third-order valence-electron chi connectivity index (χ3n) is 5.23. The lowest BCUT2D eigenvalue weighted by atomic mass is 10.1. The average molecular weight is 424 g/mol. The van der Waals surface area contributed by atoms with E-state index in [4.69, 9.17) is 19.2 Å². The van der Waals surface area contributed by atoms with Crippen LogP contribution in [0.25, 0.3) is 0 Å². The molecular formula is C22H50NO4P. The quantitative estimate of drug-likeness (QED) is 0.166. The minimum atomic E-state index is -4.89. The van der Waals surface area contributed by atoms with E-state index in [1.54, 1.807) is 0 Å². The Hall–Kier alpha value is 0.0700. The summed E-state index contributed by atoms with van der Waals surface area (Å²) < 4.78 is 10.0. The van der Waals surface area contributed by atoms with Crippen molar-refractivity contribution in [2.75, 3.05) is 27.2 Å². The first kappa shape index (κ1) is 30.3. The van der Waals surface area contributed by atoms with Crippen LogP contribution in [0.3, 0.4) is 0 Å². The molecule has 2 N–H and O–H groups in total. The van der Waals surface area contributed by atoms with E-state index in [9.17, 15) is 0 Å². The van der Waals surface area contributed by atoms with Crippen molar-refractivity contribution < 1.29 is 23.7 Å². The highest BCUT2D eigenvalue weighted by Gasteiger charge is 2.13. The van der Waals surface area contributed by atoms with Gasteiger partial charge < -0.3 is 19.2 Å². The molecule has 0 heterocycles. The van der Waals surface area contributed by atoms with E-state index >= 15 is 0 Å². The first-order valence-corrected chi connectivity index (χ1v) is 13.2. The molecule has 0 amide bonds. The van der Waals surface area contributed by atoms with Gasteiger partial charge >= 0.3 is 0 Å². The van der Waals surface area contributed by atoms with Crippen LogP contribution in [0.4, 0.5) is 0 Å². The summed E-state index contributed by atoms with van der Waals surface area (Å²) in [5.41, 5.74) is 0. The van der Waals surface area contributed by atoms with Crippen LogP contribution in [0.2, 0.25) is 0 Å². The van der Waals surface area contributed by atoms with Crippen LogP contribution in [0.1, 0.15) is 117 Å². The number of hydrogen-bond donors (Lipinski definition) is 2. The molecule has 0 fully saturated rings. The molecule has 0 saturated heterocycles. The Bertz CT molecular complexity index is 328. The van der Waals surface area contributed by atoms with Crippen molar-refractivity contribution in [1.29, 1.82) is 0 Å². The second-order valence-electron chi connectivity index (χ2n) is 8.82. The summed E-state index contributed by atoms with van der Waals surface area (Å²) in [6.07, 6.45) is 23.0. The maximum atomic E-state index is 8.77. The third kappa shape index (κ3) is 33.6. The van der Waals surface area contributed by atoms with Gasteiger partial charge in [-0.1, -0.05) is 90.9 Å². The molecule has 0 saturated carbocycles. The molecule has 0 rings (SSSR count). The maximum Gasteiger partial charge on any atom is 0.262 e. The summed E-state index contributed by atoms with van der Waals surface area (Å²) in [5.74, 6) is 0. The van der Waals surface area contributed by atoms with Gasteiger partial charge in [-0.15, -0.1) is 0 Å². The molecule has 0 spiro atoms. The summed E-state index contributed by atoms with van der Waals surface area (Å²) in [7, 11) is -0.0228. The van der Waals surface area contributed by atoms with Crippen molar-refractivity contribution in [3.05, 3.63) is 0 Å². The predicted molar refractivity (Wildman–Crippen MR) is 119 cm³/mol. The predicted octanol–water partition coefficient (Wildman–Crippen LogP) is 5.78. The average Bonchev–Trinajstić information content (AvgIpc) is 2.58. The van der Waals surface area contributed by atoms with Crippen molar-refractivity contribution >= 4 is 7.82 Å². The lowest BCUT2D eigenvalue weighted by molar-refractivity contribution is -0.890. The zero-order valence-corrected chi connectivity index (χ0v) is 20.2. The molecule has 6 heteroatoms. The molecule has 0 bridgehead atoms. The Morgan fingerprint density at radius 1 is 0.607 bits per heavy atom. The fourth-order valence-electron chi connectivity index (χ4n) is 3.46. The molecule has 0 aliphatic carbocycles. The van der Waals surface area contributed by atoms with Gasteiger partial charge in [0.05, 0.1) is 27.2 Å². The second kappa shape index (κ2) is 20.3. The Balaban J connectivity index is 0. The van der Waals surface area contributed by atoms with Crippen LogP contribution < -0.4 is 4.89 Å². The number of nitrogens with zero attached hydrogens (tertiary/aromatic N) is 1. The molecule has 0 radical (unpaired) electrons. The molecule has 0 aliphatic heterocycles. The number of rotatable bonds is 18. The first-order valence-electron chi connectivity index (χ1n) is 11.7. The van der Waals surface area contributed by atoms with Crippen molar-refractivity contribution in [2.45, 2.75) is 117 Å². The SMILES string of the molecule is CCCCCCCCCC[N+](C)(C)CCCCCCCCCC.O=P([O-])(O)O. The Kier molecular flexibility index (Phi) is 22.0. The number of unbranched alkanes of at least 4 members (excludes halogenated alkanes) is 14.